The molecule has 0 aromatic carbocycles. The number of nitrogens with one attached hydrogen (secondary N) is 3. The van der Waals surface area contributed by atoms with Crippen molar-refractivity contribution in [3.05, 3.63) is 35.7 Å². The minimum atomic E-state index is -0.254. The molecule has 2 heterocycles. The Hall–Kier alpha value is -2.41. The lowest BCUT2D eigenvalue weighted by molar-refractivity contribution is -0.112. The van der Waals surface area contributed by atoms with Crippen molar-refractivity contribution in [1.29, 1.82) is 0 Å². The van der Waals surface area contributed by atoms with Gasteiger partial charge in [0.25, 0.3) is 5.91 Å². The number of aryl methyl sites for hydroxylation is 1. The first-order valence-electron chi connectivity index (χ1n) is 7.73. The number of allylic oxidation sites excluding steroid dienone is 2. The highest BCUT2D eigenvalue weighted by atomic mass is 16.3. The van der Waals surface area contributed by atoms with Crippen molar-refractivity contribution in [3.8, 4) is 0 Å². The Bertz CT molecular complexity index is 603. The molecule has 1 aliphatic rings. The van der Waals surface area contributed by atoms with Crippen molar-refractivity contribution in [2.75, 3.05) is 25.0 Å². The van der Waals surface area contributed by atoms with Crippen LogP contribution in [0.3, 0.4) is 0 Å². The van der Waals surface area contributed by atoms with Crippen LogP contribution in [0.5, 0.6) is 0 Å². The Labute approximate surface area is 135 Å². The van der Waals surface area contributed by atoms with Crippen LogP contribution in [0.25, 0.3) is 0 Å². The van der Waals surface area contributed by atoms with Crippen LogP contribution in [0.1, 0.15) is 18.5 Å². The maximum absolute atomic E-state index is 12.3. The van der Waals surface area contributed by atoms with Crippen LogP contribution in [0.2, 0.25) is 0 Å². The van der Waals surface area contributed by atoms with Gasteiger partial charge >= 0.3 is 0 Å². The highest BCUT2D eigenvalue weighted by molar-refractivity contribution is 6.17. The SMILES string of the molecule is Cc1cc(NC(=O)/C2=C/C=C/NCC(CO)CCCN=C2)n[nH]1. The average molecular weight is 317 g/mol. The fourth-order valence-corrected chi connectivity index (χ4v) is 2.19. The van der Waals surface area contributed by atoms with Gasteiger partial charge in [0.2, 0.25) is 0 Å². The van der Waals surface area contributed by atoms with Gasteiger partial charge in [-0.05, 0) is 44.0 Å². The van der Waals surface area contributed by atoms with Gasteiger partial charge < -0.3 is 15.7 Å². The molecule has 0 radical (unpaired) electrons. The standard InChI is InChI=1S/C16H23N5O2/c1-12-8-15(21-20-12)19-16(23)14-5-3-7-17-9-13(11-22)4-2-6-18-10-14/h3,5,7-8,10,13,17,22H,2,4,6,9,11H2,1H3,(H2,19,20,21,23)/b7-3+,14-5+,18-10?. The lowest BCUT2D eigenvalue weighted by atomic mass is 10.0. The largest absolute Gasteiger partial charge is 0.396 e. The predicted octanol–water partition coefficient (Wildman–Crippen LogP) is 1.16. The summed E-state index contributed by atoms with van der Waals surface area (Å²) in [6.07, 6.45) is 8.57. The third-order valence-corrected chi connectivity index (χ3v) is 3.49. The van der Waals surface area contributed by atoms with E-state index in [9.17, 15) is 9.90 Å². The molecule has 4 N–H and O–H groups in total. The number of carbonyl (C=O) groups excluding carboxylic acids is 1. The van der Waals surface area contributed by atoms with Crippen LogP contribution in [0.15, 0.2) is 35.0 Å². The summed E-state index contributed by atoms with van der Waals surface area (Å²) < 4.78 is 0. The predicted molar refractivity (Wildman–Crippen MR) is 90.3 cm³/mol. The van der Waals surface area contributed by atoms with E-state index in [1.807, 2.05) is 6.92 Å². The molecule has 23 heavy (non-hydrogen) atoms. The molecule has 0 saturated heterocycles. The molecular weight excluding hydrogens is 294 g/mol. The number of hydrogen-bond donors (Lipinski definition) is 4. The van der Waals surface area contributed by atoms with E-state index in [-0.39, 0.29) is 18.4 Å². The summed E-state index contributed by atoms with van der Waals surface area (Å²) in [4.78, 5) is 16.6. The minimum absolute atomic E-state index is 0.164. The summed E-state index contributed by atoms with van der Waals surface area (Å²) in [6, 6.07) is 1.76. The number of H-pyrrole nitrogens is 1. The summed E-state index contributed by atoms with van der Waals surface area (Å²) in [7, 11) is 0. The second kappa shape index (κ2) is 8.89. The summed E-state index contributed by atoms with van der Waals surface area (Å²) in [5.41, 5.74) is 1.34. The molecule has 0 saturated carbocycles. The third kappa shape index (κ3) is 5.71. The molecule has 124 valence electrons. The number of anilines is 1. The maximum atomic E-state index is 12.3. The molecule has 1 aromatic rings. The molecule has 0 bridgehead atoms. The van der Waals surface area contributed by atoms with Gasteiger partial charge in [0.1, 0.15) is 0 Å². The monoisotopic (exact) mass is 317 g/mol. The maximum Gasteiger partial charge on any atom is 0.258 e. The number of aromatic nitrogens is 2. The first-order valence-corrected chi connectivity index (χ1v) is 7.73. The molecule has 0 fully saturated rings. The van der Waals surface area contributed by atoms with Crippen LogP contribution >= 0.6 is 0 Å². The van der Waals surface area contributed by atoms with Crippen molar-refractivity contribution >= 4 is 17.9 Å². The van der Waals surface area contributed by atoms with Gasteiger partial charge in [0.15, 0.2) is 5.82 Å². The van der Waals surface area contributed by atoms with Gasteiger partial charge in [-0.3, -0.25) is 14.9 Å². The number of rotatable bonds is 3. The van der Waals surface area contributed by atoms with E-state index in [4.69, 9.17) is 0 Å². The Kier molecular flexibility index (Phi) is 6.56. The van der Waals surface area contributed by atoms with E-state index < -0.39 is 0 Å². The fourth-order valence-electron chi connectivity index (χ4n) is 2.19. The van der Waals surface area contributed by atoms with E-state index in [2.05, 4.69) is 25.8 Å². The van der Waals surface area contributed by atoms with Crippen LogP contribution < -0.4 is 10.6 Å². The molecule has 0 spiro atoms. The topological polar surface area (TPSA) is 102 Å². The molecule has 7 nitrogen and oxygen atoms in total. The summed E-state index contributed by atoms with van der Waals surface area (Å²) in [5, 5.41) is 21.9. The van der Waals surface area contributed by atoms with E-state index in [0.29, 0.717) is 24.5 Å². The normalized spacial score (nSPS) is 22.9. The van der Waals surface area contributed by atoms with Crippen molar-refractivity contribution in [1.82, 2.24) is 15.5 Å². The van der Waals surface area contributed by atoms with E-state index in [1.54, 1.807) is 30.6 Å². The molecule has 2 rings (SSSR count). The highest BCUT2D eigenvalue weighted by Gasteiger charge is 2.10. The number of aliphatic imine (C=N–C) groups is 1. The van der Waals surface area contributed by atoms with E-state index in [0.717, 1.165) is 18.5 Å². The zero-order valence-electron chi connectivity index (χ0n) is 13.2. The summed E-state index contributed by atoms with van der Waals surface area (Å²) in [6.45, 7) is 3.37. The van der Waals surface area contributed by atoms with E-state index in [1.165, 1.54) is 0 Å². The van der Waals surface area contributed by atoms with Gasteiger partial charge in [-0.25, -0.2) is 0 Å². The molecule has 1 aliphatic heterocycles. The lowest BCUT2D eigenvalue weighted by Crippen LogP contribution is -2.21. The van der Waals surface area contributed by atoms with Gasteiger partial charge in [0.05, 0.1) is 5.57 Å². The zero-order valence-corrected chi connectivity index (χ0v) is 13.2. The second-order valence-electron chi connectivity index (χ2n) is 5.51. The Morgan fingerprint density at radius 1 is 1.52 bits per heavy atom. The van der Waals surface area contributed by atoms with Gasteiger partial charge in [-0.15, -0.1) is 0 Å². The van der Waals surface area contributed by atoms with Gasteiger partial charge in [-0.2, -0.15) is 5.10 Å². The molecule has 1 atom stereocenters. The molecule has 1 unspecified atom stereocenters. The first-order chi connectivity index (χ1) is 11.2. The fraction of sp³-hybridized carbons (Fsp3) is 0.438. The molecule has 1 amide bonds. The first kappa shape index (κ1) is 17.0. The number of amides is 1. The Morgan fingerprint density at radius 2 is 2.39 bits per heavy atom. The molecule has 1 aromatic heterocycles. The smallest absolute Gasteiger partial charge is 0.258 e. The van der Waals surface area contributed by atoms with Crippen molar-refractivity contribution in [2.24, 2.45) is 10.9 Å². The number of aliphatic hydroxyl groups excluding tert-OH is 1. The average Bonchev–Trinajstić information content (AvgIpc) is 2.93. The quantitative estimate of drug-likeness (QED) is 0.672. The number of aliphatic hydroxyl groups is 1. The van der Waals surface area contributed by atoms with E-state index >= 15 is 0 Å². The number of aromatic amines is 1. The van der Waals surface area contributed by atoms with Crippen LogP contribution in [0.4, 0.5) is 5.82 Å². The molecule has 7 heteroatoms. The lowest BCUT2D eigenvalue weighted by Gasteiger charge is -2.13. The molecular formula is C16H23N5O2. The number of carbonyl (C=O) groups is 1. The summed E-state index contributed by atoms with van der Waals surface area (Å²) in [5.74, 6) is 0.458. The van der Waals surface area contributed by atoms with Gasteiger partial charge in [-0.1, -0.05) is 0 Å². The minimum Gasteiger partial charge on any atom is -0.396 e. The Morgan fingerprint density at radius 3 is 3.13 bits per heavy atom. The van der Waals surface area contributed by atoms with Crippen LogP contribution in [0, 0.1) is 12.8 Å². The molecule has 0 aliphatic carbocycles. The van der Waals surface area contributed by atoms with Crippen molar-refractivity contribution < 1.29 is 9.90 Å². The third-order valence-electron chi connectivity index (χ3n) is 3.49. The van der Waals surface area contributed by atoms with Crippen molar-refractivity contribution in [2.45, 2.75) is 19.8 Å². The Balaban J connectivity index is 2.04. The number of hydrogen-bond acceptors (Lipinski definition) is 5. The number of nitrogens with zero attached hydrogens (tertiary/aromatic N) is 2. The highest BCUT2D eigenvalue weighted by Crippen LogP contribution is 2.08. The summed E-state index contributed by atoms with van der Waals surface area (Å²) >= 11 is 0. The van der Waals surface area contributed by atoms with Crippen molar-refractivity contribution in [3.63, 3.8) is 0 Å². The van der Waals surface area contributed by atoms with Gasteiger partial charge in [0, 0.05) is 37.7 Å². The van der Waals surface area contributed by atoms with Crippen LogP contribution in [-0.2, 0) is 4.79 Å². The zero-order chi connectivity index (χ0) is 16.5. The second-order valence-corrected chi connectivity index (χ2v) is 5.51. The van der Waals surface area contributed by atoms with Crippen LogP contribution in [-0.4, -0.2) is 47.1 Å².